The number of ether oxygens (including phenoxy) is 3. The van der Waals surface area contributed by atoms with Crippen LogP contribution in [-0.4, -0.2) is 35.9 Å². The van der Waals surface area contributed by atoms with E-state index in [9.17, 15) is 27.9 Å². The Bertz CT molecular complexity index is 1490. The summed E-state index contributed by atoms with van der Waals surface area (Å²) in [6, 6.07) is 16.6. The zero-order valence-electron chi connectivity index (χ0n) is 20.7. The van der Waals surface area contributed by atoms with E-state index < -0.39 is 24.2 Å². The third-order valence-electron chi connectivity index (χ3n) is 5.98. The van der Waals surface area contributed by atoms with Crippen LogP contribution in [0.5, 0.6) is 17.2 Å². The number of carboxylic acids is 1. The lowest BCUT2D eigenvalue weighted by molar-refractivity contribution is -0.313. The van der Waals surface area contributed by atoms with Gasteiger partial charge in [-0.3, -0.25) is 4.79 Å². The van der Waals surface area contributed by atoms with Crippen molar-refractivity contribution in [1.82, 2.24) is 4.57 Å². The van der Waals surface area contributed by atoms with Gasteiger partial charge in [0.2, 0.25) is 0 Å². The minimum atomic E-state index is -4.91. The summed E-state index contributed by atoms with van der Waals surface area (Å²) in [7, 11) is 1.50. The van der Waals surface area contributed by atoms with Crippen LogP contribution in [-0.2, 0) is 4.79 Å². The van der Waals surface area contributed by atoms with E-state index in [2.05, 4.69) is 4.74 Å². The molecule has 0 fully saturated rings. The Morgan fingerprint density at radius 3 is 2.26 bits per heavy atom. The number of hydrogen-bond donors (Lipinski definition) is 0. The van der Waals surface area contributed by atoms with Crippen molar-refractivity contribution < 1.29 is 42.1 Å². The highest BCUT2D eigenvalue weighted by molar-refractivity contribution is 6.18. The molecule has 198 valence electrons. The van der Waals surface area contributed by atoms with Gasteiger partial charge in [0.05, 0.1) is 24.2 Å². The summed E-state index contributed by atoms with van der Waals surface area (Å²) < 4.78 is 55.3. The van der Waals surface area contributed by atoms with Gasteiger partial charge < -0.3 is 28.7 Å². The lowest BCUT2D eigenvalue weighted by Crippen LogP contribution is -2.39. The van der Waals surface area contributed by atoms with Crippen molar-refractivity contribution >= 4 is 22.7 Å². The van der Waals surface area contributed by atoms with Gasteiger partial charge in [-0.2, -0.15) is 0 Å². The highest BCUT2D eigenvalue weighted by atomic mass is 19.4. The van der Waals surface area contributed by atoms with Gasteiger partial charge in [0.25, 0.3) is 0 Å². The molecule has 0 aliphatic heterocycles. The van der Waals surface area contributed by atoms with E-state index >= 15 is 0 Å². The van der Waals surface area contributed by atoms with Gasteiger partial charge in [-0.05, 0) is 61.9 Å². The Kier molecular flexibility index (Phi) is 7.34. The predicted octanol–water partition coefficient (Wildman–Crippen LogP) is 4.98. The first-order valence-electron chi connectivity index (χ1n) is 11.6. The monoisotopic (exact) mass is 526 g/mol. The second-order valence-electron chi connectivity index (χ2n) is 8.41. The SMILES string of the molecule is CC[C@@H](Oc1cccc(-n2c(C)c(C(=O)c3ccc(OC)cc3)c3ccc(OC(F)(F)F)cc32)c1)C(=O)[O-]. The van der Waals surface area contributed by atoms with Crippen molar-refractivity contribution in [1.29, 1.82) is 0 Å². The van der Waals surface area contributed by atoms with Crippen LogP contribution in [0, 0.1) is 6.92 Å². The molecule has 38 heavy (non-hydrogen) atoms. The number of benzene rings is 3. The Morgan fingerprint density at radius 2 is 1.66 bits per heavy atom. The number of carbonyl (C=O) groups is 2. The number of halogens is 3. The standard InChI is InChI=1S/C28H24F3NO6/c1-4-24(27(34)35)37-20-7-5-6-18(14-20)32-16(2)25(26(33)17-8-10-19(36-3)11-9-17)22-13-12-21(15-23(22)32)38-28(29,30)31/h5-15,24H,4H2,1-3H3,(H,34,35)/p-1/t24-/m1/s1. The molecule has 7 nitrogen and oxygen atoms in total. The molecule has 0 saturated carbocycles. The molecule has 0 aliphatic rings. The van der Waals surface area contributed by atoms with Gasteiger partial charge in [0.1, 0.15) is 23.4 Å². The van der Waals surface area contributed by atoms with Gasteiger partial charge in [-0.15, -0.1) is 13.2 Å². The molecule has 1 aromatic heterocycles. The molecule has 10 heteroatoms. The number of rotatable bonds is 9. The Morgan fingerprint density at radius 1 is 0.974 bits per heavy atom. The quantitative estimate of drug-likeness (QED) is 0.286. The van der Waals surface area contributed by atoms with Crippen LogP contribution in [0.25, 0.3) is 16.6 Å². The van der Waals surface area contributed by atoms with Crippen LogP contribution in [0.2, 0.25) is 0 Å². The number of fused-ring (bicyclic) bond motifs is 1. The number of hydrogen-bond acceptors (Lipinski definition) is 6. The molecule has 0 unspecified atom stereocenters. The minimum Gasteiger partial charge on any atom is -0.546 e. The molecular formula is C28H23F3NO6-. The van der Waals surface area contributed by atoms with Crippen molar-refractivity contribution in [3.8, 4) is 22.9 Å². The normalized spacial score (nSPS) is 12.3. The average Bonchev–Trinajstić information content (AvgIpc) is 3.16. The smallest absolute Gasteiger partial charge is 0.546 e. The van der Waals surface area contributed by atoms with Crippen molar-refractivity contribution in [2.24, 2.45) is 0 Å². The topological polar surface area (TPSA) is 89.8 Å². The molecule has 0 spiro atoms. The number of methoxy groups -OCH3 is 1. The zero-order valence-corrected chi connectivity index (χ0v) is 20.7. The van der Waals surface area contributed by atoms with Crippen LogP contribution in [0.15, 0.2) is 66.7 Å². The molecular weight excluding hydrogens is 503 g/mol. The number of ketones is 1. The number of aromatic nitrogens is 1. The maximum Gasteiger partial charge on any atom is 0.573 e. The maximum absolute atomic E-state index is 13.6. The van der Waals surface area contributed by atoms with Gasteiger partial charge in [0.15, 0.2) is 5.78 Å². The summed E-state index contributed by atoms with van der Waals surface area (Å²) in [5.74, 6) is -1.39. The average molecular weight is 526 g/mol. The van der Waals surface area contributed by atoms with E-state index in [1.807, 2.05) is 0 Å². The van der Waals surface area contributed by atoms with E-state index in [1.54, 1.807) is 60.9 Å². The summed E-state index contributed by atoms with van der Waals surface area (Å²) in [5, 5.41) is 11.7. The van der Waals surface area contributed by atoms with Crippen LogP contribution < -0.4 is 19.3 Å². The molecule has 0 bridgehead atoms. The van der Waals surface area contributed by atoms with Crippen molar-refractivity contribution in [3.05, 3.63) is 83.6 Å². The van der Waals surface area contributed by atoms with Gasteiger partial charge in [-0.25, -0.2) is 0 Å². The first kappa shape index (κ1) is 26.6. The molecule has 0 radical (unpaired) electrons. The summed E-state index contributed by atoms with van der Waals surface area (Å²) in [5.41, 5.74) is 1.83. The fourth-order valence-corrected chi connectivity index (χ4v) is 4.26. The lowest BCUT2D eigenvalue weighted by Gasteiger charge is -2.19. The van der Waals surface area contributed by atoms with Crippen LogP contribution in [0.4, 0.5) is 13.2 Å². The first-order valence-corrected chi connectivity index (χ1v) is 11.6. The zero-order chi connectivity index (χ0) is 27.6. The van der Waals surface area contributed by atoms with Crippen LogP contribution in [0.3, 0.4) is 0 Å². The van der Waals surface area contributed by atoms with Gasteiger partial charge in [0, 0.05) is 34.5 Å². The van der Waals surface area contributed by atoms with E-state index in [0.29, 0.717) is 28.1 Å². The Hall–Kier alpha value is -4.47. The molecule has 0 aliphatic carbocycles. The van der Waals surface area contributed by atoms with E-state index in [1.165, 1.54) is 25.3 Å². The van der Waals surface area contributed by atoms with E-state index in [-0.39, 0.29) is 29.0 Å². The minimum absolute atomic E-state index is 0.163. The highest BCUT2D eigenvalue weighted by Gasteiger charge is 2.32. The predicted molar refractivity (Wildman–Crippen MR) is 131 cm³/mol. The molecule has 0 saturated heterocycles. The third kappa shape index (κ3) is 5.44. The Balaban J connectivity index is 1.89. The molecule has 4 aromatic rings. The third-order valence-corrected chi connectivity index (χ3v) is 5.98. The second kappa shape index (κ2) is 10.5. The fourth-order valence-electron chi connectivity index (χ4n) is 4.26. The van der Waals surface area contributed by atoms with Crippen molar-refractivity contribution in [3.63, 3.8) is 0 Å². The van der Waals surface area contributed by atoms with Gasteiger partial charge >= 0.3 is 6.36 Å². The summed E-state index contributed by atoms with van der Waals surface area (Å²) >= 11 is 0. The van der Waals surface area contributed by atoms with Crippen LogP contribution >= 0.6 is 0 Å². The molecule has 0 amide bonds. The van der Waals surface area contributed by atoms with Crippen LogP contribution in [0.1, 0.15) is 35.0 Å². The summed E-state index contributed by atoms with van der Waals surface area (Å²) in [6.45, 7) is 3.30. The maximum atomic E-state index is 13.6. The van der Waals surface area contributed by atoms with E-state index in [4.69, 9.17) is 9.47 Å². The van der Waals surface area contributed by atoms with Crippen molar-refractivity contribution in [2.45, 2.75) is 32.7 Å². The fraction of sp³-hybridized carbons (Fsp3) is 0.214. The molecule has 0 N–H and O–H groups in total. The highest BCUT2D eigenvalue weighted by Crippen LogP contribution is 2.35. The van der Waals surface area contributed by atoms with E-state index in [0.717, 1.165) is 6.07 Å². The Labute approximate surface area is 216 Å². The lowest BCUT2D eigenvalue weighted by atomic mass is 10.0. The molecule has 1 atom stereocenters. The largest absolute Gasteiger partial charge is 0.573 e. The molecule has 4 rings (SSSR count). The number of alkyl halides is 3. The van der Waals surface area contributed by atoms with Gasteiger partial charge in [-0.1, -0.05) is 13.0 Å². The number of carboxylic acid groups (broad SMARTS) is 1. The summed E-state index contributed by atoms with van der Waals surface area (Å²) in [4.78, 5) is 24.9. The molecule has 1 heterocycles. The van der Waals surface area contributed by atoms with Crippen molar-refractivity contribution in [2.75, 3.05) is 7.11 Å². The number of carbonyl (C=O) groups excluding carboxylic acids is 2. The number of nitrogens with zero attached hydrogens (tertiary/aromatic N) is 1. The first-order chi connectivity index (χ1) is 18.0. The second-order valence-corrected chi connectivity index (χ2v) is 8.41. The molecule has 3 aromatic carbocycles. The summed E-state index contributed by atoms with van der Waals surface area (Å²) in [6.07, 6.45) is -5.93. The number of aliphatic carboxylic acids is 1.